The van der Waals surface area contributed by atoms with E-state index in [1.165, 1.54) is 0 Å². The van der Waals surface area contributed by atoms with Crippen LogP contribution in [-0.4, -0.2) is 60.3 Å². The Kier molecular flexibility index (Phi) is 6.64. The van der Waals surface area contributed by atoms with Crippen molar-refractivity contribution < 1.29 is 19.8 Å². The molecule has 3 N–H and O–H groups in total. The number of carbonyl (C=O) groups excluding carboxylic acids is 1. The van der Waals surface area contributed by atoms with E-state index in [2.05, 4.69) is 5.32 Å². The second kappa shape index (κ2) is 7.19. The number of carbonyl (C=O) groups is 2. The quantitative estimate of drug-likeness (QED) is 0.504. The minimum atomic E-state index is -1.12. The zero-order chi connectivity index (χ0) is 11.8. The molecule has 0 saturated heterocycles. The summed E-state index contributed by atoms with van der Waals surface area (Å²) in [5.74, 6) is -1.44. The maximum Gasteiger partial charge on any atom is 0.326 e. The fraction of sp³-hybridized carbons (Fsp3) is 0.778. The molecule has 0 aromatic carbocycles. The fourth-order valence-electron chi connectivity index (χ4n) is 0.978. The van der Waals surface area contributed by atoms with E-state index in [9.17, 15) is 9.59 Å². The molecule has 0 saturated carbocycles. The number of carboxylic acids is 1. The molecule has 0 aromatic rings. The van der Waals surface area contributed by atoms with Crippen LogP contribution in [0.5, 0.6) is 0 Å². The van der Waals surface area contributed by atoms with Gasteiger partial charge in [-0.1, -0.05) is 0 Å². The van der Waals surface area contributed by atoms with Crippen LogP contribution >= 0.6 is 0 Å². The highest BCUT2D eigenvalue weighted by Crippen LogP contribution is 1.93. The molecule has 0 unspecified atom stereocenters. The van der Waals surface area contributed by atoms with Gasteiger partial charge in [0.15, 0.2) is 0 Å². The molecule has 88 valence electrons. The lowest BCUT2D eigenvalue weighted by Gasteiger charge is -2.14. The van der Waals surface area contributed by atoms with E-state index in [0.717, 1.165) is 0 Å². The van der Waals surface area contributed by atoms with Gasteiger partial charge in [-0.05, 0) is 14.1 Å². The zero-order valence-corrected chi connectivity index (χ0v) is 9.06. The Morgan fingerprint density at radius 1 is 1.40 bits per heavy atom. The first-order valence-corrected chi connectivity index (χ1v) is 4.75. The Balaban J connectivity index is 3.94. The molecular formula is C9H18N2O4. The number of carboxylic acid groups (broad SMARTS) is 1. The van der Waals surface area contributed by atoms with Gasteiger partial charge in [-0.2, -0.15) is 0 Å². The molecule has 6 heteroatoms. The van der Waals surface area contributed by atoms with Gasteiger partial charge in [-0.3, -0.25) is 4.79 Å². The van der Waals surface area contributed by atoms with Crippen LogP contribution in [0.15, 0.2) is 0 Å². The van der Waals surface area contributed by atoms with Crippen molar-refractivity contribution in [1.82, 2.24) is 10.2 Å². The van der Waals surface area contributed by atoms with Gasteiger partial charge in [0.05, 0.1) is 0 Å². The Morgan fingerprint density at radius 2 is 2.00 bits per heavy atom. The average Bonchev–Trinajstić information content (AvgIpc) is 2.14. The van der Waals surface area contributed by atoms with Crippen molar-refractivity contribution in [2.75, 3.05) is 27.2 Å². The number of aliphatic hydroxyl groups excluding tert-OH is 1. The van der Waals surface area contributed by atoms with E-state index in [1.807, 2.05) is 19.0 Å². The number of aliphatic hydroxyl groups is 1. The van der Waals surface area contributed by atoms with Gasteiger partial charge in [0, 0.05) is 26.0 Å². The summed E-state index contributed by atoms with van der Waals surface area (Å²) in [4.78, 5) is 23.7. The Bertz CT molecular complexity index is 218. The summed E-state index contributed by atoms with van der Waals surface area (Å²) in [5, 5.41) is 19.6. The fourth-order valence-corrected chi connectivity index (χ4v) is 0.978. The zero-order valence-electron chi connectivity index (χ0n) is 9.06. The minimum Gasteiger partial charge on any atom is -0.480 e. The molecule has 1 amide bonds. The molecule has 0 aromatic heterocycles. The number of amides is 1. The van der Waals surface area contributed by atoms with Gasteiger partial charge in [0.25, 0.3) is 0 Å². The average molecular weight is 218 g/mol. The molecule has 15 heavy (non-hydrogen) atoms. The molecule has 0 aliphatic rings. The van der Waals surface area contributed by atoms with Crippen LogP contribution in [0.4, 0.5) is 0 Å². The predicted octanol–water partition coefficient (Wildman–Crippen LogP) is -1.11. The summed E-state index contributed by atoms with van der Waals surface area (Å²) in [5.41, 5.74) is 0. The van der Waals surface area contributed by atoms with Gasteiger partial charge in [0.1, 0.15) is 6.04 Å². The summed E-state index contributed by atoms with van der Waals surface area (Å²) < 4.78 is 0. The first-order valence-electron chi connectivity index (χ1n) is 4.75. The lowest BCUT2D eigenvalue weighted by atomic mass is 10.2. The van der Waals surface area contributed by atoms with Crippen LogP contribution in [0, 0.1) is 0 Å². The Morgan fingerprint density at radius 3 is 2.40 bits per heavy atom. The molecule has 0 rings (SSSR count). The molecule has 0 fully saturated rings. The maximum absolute atomic E-state index is 11.3. The summed E-state index contributed by atoms with van der Waals surface area (Å²) in [7, 11) is 3.66. The van der Waals surface area contributed by atoms with Crippen molar-refractivity contribution in [1.29, 1.82) is 0 Å². The topological polar surface area (TPSA) is 89.9 Å². The molecule has 0 radical (unpaired) electrons. The van der Waals surface area contributed by atoms with E-state index in [4.69, 9.17) is 10.2 Å². The van der Waals surface area contributed by atoms with Crippen LogP contribution in [0.3, 0.4) is 0 Å². The summed E-state index contributed by atoms with van der Waals surface area (Å²) in [6.07, 6.45) is 0.283. The van der Waals surface area contributed by atoms with Crippen molar-refractivity contribution in [2.24, 2.45) is 0 Å². The summed E-state index contributed by atoms with van der Waals surface area (Å²) >= 11 is 0. The van der Waals surface area contributed by atoms with Crippen LogP contribution in [0.25, 0.3) is 0 Å². The predicted molar refractivity (Wildman–Crippen MR) is 54.4 cm³/mol. The standard InChI is InChI=1S/C9H18N2O4/c1-11(2)5-3-8(13)10-7(4-6-12)9(14)15/h7,12H,3-6H2,1-2H3,(H,10,13)(H,14,15)/t7-/m1/s1. The molecule has 0 aliphatic heterocycles. The third-order valence-electron chi connectivity index (χ3n) is 1.84. The van der Waals surface area contributed by atoms with E-state index in [1.54, 1.807) is 0 Å². The highest BCUT2D eigenvalue weighted by Gasteiger charge is 2.18. The third-order valence-corrected chi connectivity index (χ3v) is 1.84. The molecular weight excluding hydrogens is 200 g/mol. The lowest BCUT2D eigenvalue weighted by Crippen LogP contribution is -2.42. The number of hydrogen-bond donors (Lipinski definition) is 3. The van der Waals surface area contributed by atoms with Crippen molar-refractivity contribution in [2.45, 2.75) is 18.9 Å². The summed E-state index contributed by atoms with van der Waals surface area (Å²) in [6, 6.07) is -0.996. The third kappa shape index (κ3) is 6.87. The van der Waals surface area contributed by atoms with Crippen LogP contribution < -0.4 is 5.32 Å². The van der Waals surface area contributed by atoms with E-state index in [0.29, 0.717) is 6.54 Å². The first kappa shape index (κ1) is 13.9. The second-order valence-electron chi connectivity index (χ2n) is 3.52. The van der Waals surface area contributed by atoms with Crippen LogP contribution in [0.2, 0.25) is 0 Å². The van der Waals surface area contributed by atoms with Crippen LogP contribution in [-0.2, 0) is 9.59 Å². The van der Waals surface area contributed by atoms with Gasteiger partial charge in [-0.25, -0.2) is 4.79 Å². The molecule has 0 aliphatic carbocycles. The lowest BCUT2D eigenvalue weighted by molar-refractivity contribution is -0.142. The molecule has 0 heterocycles. The van der Waals surface area contributed by atoms with E-state index in [-0.39, 0.29) is 25.4 Å². The van der Waals surface area contributed by atoms with Gasteiger partial charge in [0.2, 0.25) is 5.91 Å². The first-order chi connectivity index (χ1) is 6.97. The molecule has 6 nitrogen and oxygen atoms in total. The number of rotatable bonds is 7. The minimum absolute atomic E-state index is 0.0308. The largest absolute Gasteiger partial charge is 0.480 e. The number of aliphatic carboxylic acids is 1. The highest BCUT2D eigenvalue weighted by atomic mass is 16.4. The molecule has 1 atom stereocenters. The van der Waals surface area contributed by atoms with Crippen molar-refractivity contribution in [3.05, 3.63) is 0 Å². The number of hydrogen-bond acceptors (Lipinski definition) is 4. The van der Waals surface area contributed by atoms with Gasteiger partial charge < -0.3 is 20.4 Å². The molecule has 0 bridgehead atoms. The molecule has 0 spiro atoms. The summed E-state index contributed by atoms with van der Waals surface area (Å²) in [6.45, 7) is 0.308. The smallest absolute Gasteiger partial charge is 0.326 e. The Labute approximate surface area is 88.9 Å². The van der Waals surface area contributed by atoms with Crippen molar-refractivity contribution in [3.63, 3.8) is 0 Å². The SMILES string of the molecule is CN(C)CCC(=O)N[C@H](CCO)C(=O)O. The van der Waals surface area contributed by atoms with E-state index >= 15 is 0 Å². The van der Waals surface area contributed by atoms with Gasteiger partial charge >= 0.3 is 5.97 Å². The normalized spacial score (nSPS) is 12.5. The van der Waals surface area contributed by atoms with Gasteiger partial charge in [-0.15, -0.1) is 0 Å². The number of nitrogens with zero attached hydrogens (tertiary/aromatic N) is 1. The van der Waals surface area contributed by atoms with E-state index < -0.39 is 12.0 Å². The Hall–Kier alpha value is -1.14. The number of nitrogens with one attached hydrogen (secondary N) is 1. The van der Waals surface area contributed by atoms with Crippen molar-refractivity contribution >= 4 is 11.9 Å². The van der Waals surface area contributed by atoms with Crippen LogP contribution in [0.1, 0.15) is 12.8 Å². The monoisotopic (exact) mass is 218 g/mol. The van der Waals surface area contributed by atoms with Crippen molar-refractivity contribution in [3.8, 4) is 0 Å². The highest BCUT2D eigenvalue weighted by molar-refractivity contribution is 5.83. The second-order valence-corrected chi connectivity index (χ2v) is 3.52. The maximum atomic E-state index is 11.3.